The molecular weight excluding hydrogens is 230 g/mol. The number of aromatic nitrogens is 2. The molecule has 1 fully saturated rings. The molecule has 90 valence electrons. The quantitative estimate of drug-likeness (QED) is 0.827. The van der Waals surface area contributed by atoms with E-state index in [4.69, 9.17) is 19.7 Å². The van der Waals surface area contributed by atoms with Gasteiger partial charge in [0.2, 0.25) is 5.82 Å². The van der Waals surface area contributed by atoms with Crippen LogP contribution in [0.4, 0.5) is 0 Å². The van der Waals surface area contributed by atoms with Gasteiger partial charge < -0.3 is 19.7 Å². The predicted molar refractivity (Wildman–Crippen MR) is 59.1 cm³/mol. The molecule has 0 aromatic carbocycles. The average molecular weight is 245 g/mol. The first-order valence-electron chi connectivity index (χ1n) is 5.11. The number of nitrogens with zero attached hydrogens (tertiary/aromatic N) is 2. The summed E-state index contributed by atoms with van der Waals surface area (Å²) in [5.74, 6) is 2.88. The zero-order valence-corrected chi connectivity index (χ0v) is 9.90. The Labute approximate surface area is 97.9 Å². The summed E-state index contributed by atoms with van der Waals surface area (Å²) in [5, 5.41) is 3.90. The van der Waals surface area contributed by atoms with Gasteiger partial charge in [-0.3, -0.25) is 0 Å². The Balaban J connectivity index is 2.05. The molecule has 0 amide bonds. The SMILES string of the molecule is COC(CN)c1nc(C2CSCCO2)no1. The van der Waals surface area contributed by atoms with Crippen LogP contribution in [-0.2, 0) is 9.47 Å². The number of thioether (sulfide) groups is 1. The van der Waals surface area contributed by atoms with Crippen LogP contribution < -0.4 is 5.73 Å². The second-order valence-corrected chi connectivity index (χ2v) is 4.54. The molecule has 2 N–H and O–H groups in total. The Morgan fingerprint density at radius 2 is 2.56 bits per heavy atom. The van der Waals surface area contributed by atoms with E-state index in [0.29, 0.717) is 18.3 Å². The number of hydrogen-bond donors (Lipinski definition) is 1. The van der Waals surface area contributed by atoms with Gasteiger partial charge in [0, 0.05) is 25.2 Å². The van der Waals surface area contributed by atoms with E-state index < -0.39 is 0 Å². The molecule has 6 nitrogen and oxygen atoms in total. The molecular formula is C9H15N3O3S. The van der Waals surface area contributed by atoms with E-state index in [9.17, 15) is 0 Å². The zero-order chi connectivity index (χ0) is 11.4. The van der Waals surface area contributed by atoms with Gasteiger partial charge in [0.05, 0.1) is 6.61 Å². The van der Waals surface area contributed by atoms with Gasteiger partial charge in [-0.25, -0.2) is 0 Å². The van der Waals surface area contributed by atoms with Gasteiger partial charge in [0.25, 0.3) is 5.89 Å². The summed E-state index contributed by atoms with van der Waals surface area (Å²) in [6, 6.07) is 0. The highest BCUT2D eigenvalue weighted by molar-refractivity contribution is 7.99. The minimum absolute atomic E-state index is 0.0773. The van der Waals surface area contributed by atoms with Crippen molar-refractivity contribution in [2.24, 2.45) is 5.73 Å². The van der Waals surface area contributed by atoms with Crippen molar-refractivity contribution in [1.82, 2.24) is 10.1 Å². The van der Waals surface area contributed by atoms with Gasteiger partial charge in [-0.1, -0.05) is 5.16 Å². The van der Waals surface area contributed by atoms with Gasteiger partial charge in [-0.2, -0.15) is 16.7 Å². The molecule has 0 bridgehead atoms. The molecule has 1 aromatic rings. The Bertz CT molecular complexity index is 324. The maximum Gasteiger partial charge on any atom is 0.257 e. The second-order valence-electron chi connectivity index (χ2n) is 3.39. The molecule has 0 saturated carbocycles. The van der Waals surface area contributed by atoms with Crippen molar-refractivity contribution in [1.29, 1.82) is 0 Å². The van der Waals surface area contributed by atoms with Crippen LogP contribution in [0.15, 0.2) is 4.52 Å². The Kier molecular flexibility index (Phi) is 4.16. The fraction of sp³-hybridized carbons (Fsp3) is 0.778. The van der Waals surface area contributed by atoms with Crippen molar-refractivity contribution in [3.05, 3.63) is 11.7 Å². The van der Waals surface area contributed by atoms with Gasteiger partial charge in [0.15, 0.2) is 0 Å². The largest absolute Gasteiger partial charge is 0.370 e. The van der Waals surface area contributed by atoms with Crippen molar-refractivity contribution in [2.45, 2.75) is 12.2 Å². The van der Waals surface area contributed by atoms with Crippen molar-refractivity contribution >= 4 is 11.8 Å². The van der Waals surface area contributed by atoms with Crippen LogP contribution in [0.3, 0.4) is 0 Å². The Morgan fingerprint density at radius 3 is 3.19 bits per heavy atom. The molecule has 0 aliphatic carbocycles. The molecule has 1 saturated heterocycles. The molecule has 2 heterocycles. The van der Waals surface area contributed by atoms with Crippen LogP contribution >= 0.6 is 11.8 Å². The van der Waals surface area contributed by atoms with Gasteiger partial charge >= 0.3 is 0 Å². The molecule has 2 rings (SSSR count). The monoisotopic (exact) mass is 245 g/mol. The fourth-order valence-electron chi connectivity index (χ4n) is 1.44. The van der Waals surface area contributed by atoms with Crippen LogP contribution in [0, 0.1) is 0 Å². The third kappa shape index (κ3) is 2.54. The summed E-state index contributed by atoms with van der Waals surface area (Å²) < 4.78 is 15.8. The third-order valence-electron chi connectivity index (χ3n) is 2.34. The fourth-order valence-corrected chi connectivity index (χ4v) is 2.28. The summed E-state index contributed by atoms with van der Waals surface area (Å²) in [6.07, 6.45) is -0.413. The highest BCUT2D eigenvalue weighted by atomic mass is 32.2. The van der Waals surface area contributed by atoms with Crippen LogP contribution in [0.1, 0.15) is 23.9 Å². The molecule has 1 aliphatic heterocycles. The first-order valence-corrected chi connectivity index (χ1v) is 6.26. The lowest BCUT2D eigenvalue weighted by Crippen LogP contribution is -2.17. The van der Waals surface area contributed by atoms with E-state index in [1.165, 1.54) is 0 Å². The lowest BCUT2D eigenvalue weighted by Gasteiger charge is -2.18. The summed E-state index contributed by atoms with van der Waals surface area (Å²) >= 11 is 1.82. The zero-order valence-electron chi connectivity index (χ0n) is 9.09. The van der Waals surface area contributed by atoms with E-state index in [2.05, 4.69) is 10.1 Å². The van der Waals surface area contributed by atoms with Gasteiger partial charge in [0.1, 0.15) is 12.2 Å². The van der Waals surface area contributed by atoms with E-state index in [1.807, 2.05) is 11.8 Å². The normalized spacial score (nSPS) is 23.2. The van der Waals surface area contributed by atoms with E-state index in [1.54, 1.807) is 7.11 Å². The van der Waals surface area contributed by atoms with Crippen molar-refractivity contribution in [2.75, 3.05) is 31.8 Å². The van der Waals surface area contributed by atoms with Crippen LogP contribution in [0.25, 0.3) is 0 Å². The first-order chi connectivity index (χ1) is 7.85. The molecule has 16 heavy (non-hydrogen) atoms. The van der Waals surface area contributed by atoms with Crippen molar-refractivity contribution in [3.63, 3.8) is 0 Å². The second kappa shape index (κ2) is 5.62. The Morgan fingerprint density at radius 1 is 1.69 bits per heavy atom. The lowest BCUT2D eigenvalue weighted by atomic mass is 10.3. The summed E-state index contributed by atoms with van der Waals surface area (Å²) in [4.78, 5) is 4.25. The molecule has 1 aromatic heterocycles. The molecule has 2 atom stereocenters. The smallest absolute Gasteiger partial charge is 0.257 e. The van der Waals surface area contributed by atoms with Crippen molar-refractivity contribution < 1.29 is 14.0 Å². The van der Waals surface area contributed by atoms with Gasteiger partial charge in [-0.15, -0.1) is 0 Å². The van der Waals surface area contributed by atoms with E-state index >= 15 is 0 Å². The first kappa shape index (κ1) is 11.8. The maximum atomic E-state index is 5.55. The maximum absolute atomic E-state index is 5.55. The standard InChI is InChI=1S/C9H15N3O3S/c1-13-6(4-10)9-11-8(12-15-9)7-5-16-3-2-14-7/h6-7H,2-5,10H2,1H3. The highest BCUT2D eigenvalue weighted by Gasteiger charge is 2.24. The number of rotatable bonds is 4. The van der Waals surface area contributed by atoms with E-state index in [0.717, 1.165) is 18.1 Å². The van der Waals surface area contributed by atoms with Crippen LogP contribution in [-0.4, -0.2) is 41.9 Å². The van der Waals surface area contributed by atoms with Gasteiger partial charge in [-0.05, 0) is 0 Å². The number of ether oxygens (including phenoxy) is 2. The number of nitrogens with two attached hydrogens (primary N) is 1. The molecule has 0 spiro atoms. The topological polar surface area (TPSA) is 83.4 Å². The number of hydrogen-bond acceptors (Lipinski definition) is 7. The highest BCUT2D eigenvalue weighted by Crippen LogP contribution is 2.25. The summed E-state index contributed by atoms with van der Waals surface area (Å²) in [6.45, 7) is 1.04. The Hall–Kier alpha value is -0.630. The molecule has 1 aliphatic rings. The lowest BCUT2D eigenvalue weighted by molar-refractivity contribution is 0.0674. The van der Waals surface area contributed by atoms with Crippen LogP contribution in [0.5, 0.6) is 0 Å². The molecule has 7 heteroatoms. The number of methoxy groups -OCH3 is 1. The average Bonchev–Trinajstić information content (AvgIpc) is 2.81. The molecule has 0 radical (unpaired) electrons. The van der Waals surface area contributed by atoms with Crippen molar-refractivity contribution in [3.8, 4) is 0 Å². The van der Waals surface area contributed by atoms with E-state index in [-0.39, 0.29) is 12.2 Å². The minimum atomic E-state index is -0.336. The predicted octanol–water partition coefficient (Wildman–Crippen LogP) is 0.520. The minimum Gasteiger partial charge on any atom is -0.370 e. The summed E-state index contributed by atoms with van der Waals surface area (Å²) in [7, 11) is 1.56. The third-order valence-corrected chi connectivity index (χ3v) is 3.33. The molecule has 2 unspecified atom stereocenters. The summed E-state index contributed by atoms with van der Waals surface area (Å²) in [5.41, 5.74) is 5.51. The van der Waals surface area contributed by atoms with Crippen LogP contribution in [0.2, 0.25) is 0 Å².